The summed E-state index contributed by atoms with van der Waals surface area (Å²) in [4.78, 5) is 16.4. The van der Waals surface area contributed by atoms with E-state index in [4.69, 9.17) is 19.4 Å². The lowest BCUT2D eigenvalue weighted by atomic mass is 10.2. The SMILES string of the molecule is COc1cc2nc(N3CCN(C)CC3)nc(NCCN(C)C)c2cc1OC. The van der Waals surface area contributed by atoms with Gasteiger partial charge in [0.1, 0.15) is 5.82 Å². The number of hydrogen-bond donors (Lipinski definition) is 1. The Labute approximate surface area is 161 Å². The van der Waals surface area contributed by atoms with Crippen molar-refractivity contribution in [2.24, 2.45) is 0 Å². The summed E-state index contributed by atoms with van der Waals surface area (Å²) >= 11 is 0. The summed E-state index contributed by atoms with van der Waals surface area (Å²) in [5.74, 6) is 2.94. The van der Waals surface area contributed by atoms with Crippen LogP contribution in [0.25, 0.3) is 10.9 Å². The Hall–Kier alpha value is -2.32. The molecular weight excluding hydrogens is 344 g/mol. The first-order valence-corrected chi connectivity index (χ1v) is 9.27. The summed E-state index contributed by atoms with van der Waals surface area (Å²) < 4.78 is 10.9. The Morgan fingerprint density at radius 3 is 2.33 bits per heavy atom. The van der Waals surface area contributed by atoms with Gasteiger partial charge in [-0.3, -0.25) is 0 Å². The normalized spacial score (nSPS) is 15.4. The third-order valence-corrected chi connectivity index (χ3v) is 4.83. The zero-order valence-corrected chi connectivity index (χ0v) is 16.9. The van der Waals surface area contributed by atoms with Crippen LogP contribution in [0.15, 0.2) is 12.1 Å². The van der Waals surface area contributed by atoms with Gasteiger partial charge in [-0.25, -0.2) is 4.98 Å². The maximum Gasteiger partial charge on any atom is 0.227 e. The molecule has 148 valence electrons. The number of likely N-dealkylation sites (N-methyl/N-ethyl adjacent to an activating group) is 2. The second-order valence-electron chi connectivity index (χ2n) is 7.12. The van der Waals surface area contributed by atoms with E-state index in [2.05, 4.69) is 41.2 Å². The summed E-state index contributed by atoms with van der Waals surface area (Å²) in [5.41, 5.74) is 0.851. The van der Waals surface area contributed by atoms with Crippen LogP contribution in [-0.2, 0) is 0 Å². The summed E-state index contributed by atoms with van der Waals surface area (Å²) in [6.07, 6.45) is 0. The molecule has 2 aromatic rings. The lowest BCUT2D eigenvalue weighted by molar-refractivity contribution is 0.311. The molecule has 0 bridgehead atoms. The van der Waals surface area contributed by atoms with Gasteiger partial charge >= 0.3 is 0 Å². The molecule has 0 amide bonds. The van der Waals surface area contributed by atoms with E-state index < -0.39 is 0 Å². The van der Waals surface area contributed by atoms with Gasteiger partial charge in [-0.1, -0.05) is 0 Å². The predicted octanol–water partition coefficient (Wildman–Crippen LogP) is 1.37. The van der Waals surface area contributed by atoms with Crippen molar-refractivity contribution in [1.82, 2.24) is 19.8 Å². The van der Waals surface area contributed by atoms with Crippen LogP contribution >= 0.6 is 0 Å². The van der Waals surface area contributed by atoms with Gasteiger partial charge in [0.25, 0.3) is 0 Å². The topological polar surface area (TPSA) is 66.0 Å². The number of nitrogens with zero attached hydrogens (tertiary/aromatic N) is 5. The van der Waals surface area contributed by atoms with Gasteiger partial charge in [0.15, 0.2) is 11.5 Å². The molecule has 0 aliphatic carbocycles. The number of anilines is 2. The average Bonchev–Trinajstić information content (AvgIpc) is 2.67. The van der Waals surface area contributed by atoms with Gasteiger partial charge < -0.3 is 29.5 Å². The first-order valence-electron chi connectivity index (χ1n) is 9.27. The molecule has 27 heavy (non-hydrogen) atoms. The van der Waals surface area contributed by atoms with Crippen LogP contribution in [0.5, 0.6) is 11.5 Å². The van der Waals surface area contributed by atoms with Gasteiger partial charge in [-0.2, -0.15) is 4.98 Å². The molecule has 1 aromatic heterocycles. The summed E-state index contributed by atoms with van der Waals surface area (Å²) in [6, 6.07) is 3.87. The molecule has 0 radical (unpaired) electrons. The molecule has 1 aromatic carbocycles. The van der Waals surface area contributed by atoms with E-state index >= 15 is 0 Å². The Morgan fingerprint density at radius 1 is 1.04 bits per heavy atom. The Balaban J connectivity index is 2.00. The van der Waals surface area contributed by atoms with E-state index in [-0.39, 0.29) is 0 Å². The van der Waals surface area contributed by atoms with E-state index in [1.54, 1.807) is 14.2 Å². The highest BCUT2D eigenvalue weighted by Gasteiger charge is 2.20. The smallest absolute Gasteiger partial charge is 0.227 e. The summed E-state index contributed by atoms with van der Waals surface area (Å²) in [6.45, 7) is 5.59. The number of methoxy groups -OCH3 is 2. The molecular formula is C19H30N6O2. The number of fused-ring (bicyclic) bond motifs is 1. The molecule has 0 unspecified atom stereocenters. The average molecular weight is 374 g/mol. The molecule has 8 nitrogen and oxygen atoms in total. The Kier molecular flexibility index (Phi) is 6.18. The zero-order chi connectivity index (χ0) is 19.4. The third-order valence-electron chi connectivity index (χ3n) is 4.83. The monoisotopic (exact) mass is 374 g/mol. The minimum absolute atomic E-state index is 0.673. The van der Waals surface area contributed by atoms with Crippen molar-refractivity contribution >= 4 is 22.7 Å². The van der Waals surface area contributed by atoms with Crippen LogP contribution in [0.3, 0.4) is 0 Å². The largest absolute Gasteiger partial charge is 0.493 e. The number of rotatable bonds is 7. The predicted molar refractivity (Wildman–Crippen MR) is 109 cm³/mol. The van der Waals surface area contributed by atoms with Crippen LogP contribution in [0.1, 0.15) is 0 Å². The van der Waals surface area contributed by atoms with Crippen molar-refractivity contribution in [3.05, 3.63) is 12.1 Å². The van der Waals surface area contributed by atoms with Crippen LogP contribution in [-0.4, -0.2) is 94.4 Å². The molecule has 8 heteroatoms. The second kappa shape index (κ2) is 8.58. The van der Waals surface area contributed by atoms with Crippen molar-refractivity contribution in [2.45, 2.75) is 0 Å². The first-order chi connectivity index (χ1) is 13.0. The standard InChI is InChI=1S/C19H30N6O2/c1-23(2)7-6-20-18-14-12-16(26-4)17(27-5)13-15(14)21-19(22-18)25-10-8-24(3)9-11-25/h12-13H,6-11H2,1-5H3,(H,20,21,22). The van der Waals surface area contributed by atoms with Crippen molar-refractivity contribution in [3.8, 4) is 11.5 Å². The number of hydrogen-bond acceptors (Lipinski definition) is 8. The molecule has 1 aliphatic rings. The Morgan fingerprint density at radius 2 is 1.70 bits per heavy atom. The van der Waals surface area contributed by atoms with Gasteiger partial charge in [-0.05, 0) is 27.2 Å². The molecule has 3 rings (SSSR count). The lowest BCUT2D eigenvalue weighted by Gasteiger charge is -2.32. The minimum Gasteiger partial charge on any atom is -0.493 e. The van der Waals surface area contributed by atoms with E-state index in [9.17, 15) is 0 Å². The van der Waals surface area contributed by atoms with E-state index in [0.717, 1.165) is 61.9 Å². The zero-order valence-electron chi connectivity index (χ0n) is 16.9. The molecule has 2 heterocycles. The summed E-state index contributed by atoms with van der Waals surface area (Å²) in [5, 5.41) is 4.40. The van der Waals surface area contributed by atoms with E-state index in [1.165, 1.54) is 0 Å². The van der Waals surface area contributed by atoms with Crippen molar-refractivity contribution < 1.29 is 9.47 Å². The van der Waals surface area contributed by atoms with Crippen molar-refractivity contribution in [3.63, 3.8) is 0 Å². The maximum atomic E-state index is 5.47. The highest BCUT2D eigenvalue weighted by atomic mass is 16.5. The fourth-order valence-electron chi connectivity index (χ4n) is 3.12. The molecule has 0 atom stereocenters. The molecule has 0 saturated carbocycles. The number of ether oxygens (including phenoxy) is 2. The summed E-state index contributed by atoms with van der Waals surface area (Å²) in [7, 11) is 9.54. The molecule has 1 N–H and O–H groups in total. The maximum absolute atomic E-state index is 5.47. The molecule has 0 spiro atoms. The van der Waals surface area contributed by atoms with Crippen molar-refractivity contribution in [1.29, 1.82) is 0 Å². The third kappa shape index (κ3) is 4.51. The molecule has 1 saturated heterocycles. The van der Waals surface area contributed by atoms with Crippen LogP contribution in [0.2, 0.25) is 0 Å². The minimum atomic E-state index is 0.673. The van der Waals surface area contributed by atoms with Gasteiger partial charge in [0, 0.05) is 50.7 Å². The lowest BCUT2D eigenvalue weighted by Crippen LogP contribution is -2.45. The highest BCUT2D eigenvalue weighted by Crippen LogP contribution is 2.35. The number of piperazine rings is 1. The van der Waals surface area contributed by atoms with Crippen molar-refractivity contribution in [2.75, 3.05) is 84.8 Å². The van der Waals surface area contributed by atoms with Crippen LogP contribution in [0.4, 0.5) is 11.8 Å². The van der Waals surface area contributed by atoms with Gasteiger partial charge in [0.2, 0.25) is 5.95 Å². The first kappa shape index (κ1) is 19.4. The number of aromatic nitrogens is 2. The Bertz CT molecular complexity index is 774. The quantitative estimate of drug-likeness (QED) is 0.780. The second-order valence-corrected chi connectivity index (χ2v) is 7.12. The highest BCUT2D eigenvalue weighted by molar-refractivity contribution is 5.92. The van der Waals surface area contributed by atoms with Gasteiger partial charge in [-0.15, -0.1) is 0 Å². The number of nitrogens with one attached hydrogen (secondary N) is 1. The van der Waals surface area contributed by atoms with Gasteiger partial charge in [0.05, 0.1) is 19.7 Å². The van der Waals surface area contributed by atoms with Crippen LogP contribution in [0, 0.1) is 0 Å². The molecule has 1 fully saturated rings. The number of benzene rings is 1. The fourth-order valence-corrected chi connectivity index (χ4v) is 3.12. The van der Waals surface area contributed by atoms with E-state index in [0.29, 0.717) is 11.5 Å². The fraction of sp³-hybridized carbons (Fsp3) is 0.579. The van der Waals surface area contributed by atoms with E-state index in [1.807, 2.05) is 12.1 Å². The van der Waals surface area contributed by atoms with Crippen LogP contribution < -0.4 is 19.7 Å². The molecule has 1 aliphatic heterocycles.